The second-order valence-electron chi connectivity index (χ2n) is 6.02. The van der Waals surface area contributed by atoms with E-state index < -0.39 is 37.3 Å². The largest absolute Gasteiger partial charge is 0.394 e. The average molecular weight is 369 g/mol. The molecule has 0 unspecified atom stereocenters. The summed E-state index contributed by atoms with van der Waals surface area (Å²) in [6.45, 7) is 2.02. The third kappa shape index (κ3) is 4.68. The van der Waals surface area contributed by atoms with Crippen LogP contribution >= 0.6 is 0 Å². The summed E-state index contributed by atoms with van der Waals surface area (Å²) in [4.78, 5) is 22.6. The molecule has 0 saturated carbocycles. The van der Waals surface area contributed by atoms with Gasteiger partial charge in [0.2, 0.25) is 11.8 Å². The Hall–Kier alpha value is -2.24. The smallest absolute Gasteiger partial charge is 0.221 e. The lowest BCUT2D eigenvalue weighted by molar-refractivity contribution is -0.115. The Morgan fingerprint density at radius 1 is 1.12 bits per heavy atom. The molecule has 10 nitrogen and oxygen atoms in total. The first-order valence-electron chi connectivity index (χ1n) is 7.99. The highest BCUT2D eigenvalue weighted by Crippen LogP contribution is 2.31. The van der Waals surface area contributed by atoms with E-state index in [0.29, 0.717) is 17.1 Å². The van der Waals surface area contributed by atoms with Gasteiger partial charge in [-0.1, -0.05) is 0 Å². The van der Waals surface area contributed by atoms with Crippen LogP contribution in [0.15, 0.2) is 18.2 Å². The van der Waals surface area contributed by atoms with Crippen LogP contribution < -0.4 is 16.0 Å². The predicted octanol–water partition coefficient (Wildman–Crippen LogP) is -1.18. The van der Waals surface area contributed by atoms with Crippen LogP contribution in [-0.4, -0.2) is 69.5 Å². The molecule has 2 amide bonds. The topological polar surface area (TPSA) is 160 Å². The number of carbonyl (C=O) groups is 2. The number of ether oxygens (including phenoxy) is 1. The molecule has 1 aromatic rings. The molecule has 2 rings (SSSR count). The predicted molar refractivity (Wildman–Crippen MR) is 92.4 cm³/mol. The van der Waals surface area contributed by atoms with Gasteiger partial charge in [-0.15, -0.1) is 0 Å². The standard InChI is InChI=1S/C16H23N3O7/c1-7(21)17-9-3-4-10(18-8(2)22)11(5-9)19-16-14(25)13(24)15(26-16)12(23)6-20/h3-5,12-16,19-20,23-25H,6H2,1-2H3,(H,17,21)(H,18,22)/t12-,13+,14+,15+,16-/m1/s1. The van der Waals surface area contributed by atoms with Crippen molar-refractivity contribution in [3.63, 3.8) is 0 Å². The van der Waals surface area contributed by atoms with Gasteiger partial charge in [-0.2, -0.15) is 0 Å². The number of hydrogen-bond acceptors (Lipinski definition) is 8. The minimum Gasteiger partial charge on any atom is -0.394 e. The molecule has 1 aliphatic rings. The highest BCUT2D eigenvalue weighted by Gasteiger charge is 2.46. The molecule has 1 saturated heterocycles. The van der Waals surface area contributed by atoms with Crippen molar-refractivity contribution in [2.75, 3.05) is 22.6 Å². The van der Waals surface area contributed by atoms with Crippen molar-refractivity contribution in [1.29, 1.82) is 0 Å². The SMILES string of the molecule is CC(=O)Nc1ccc(NC(C)=O)c(N[C@@H]2O[C@@H]([C@H](O)CO)[C@@H](O)[C@@H]2O)c1. The number of aliphatic hydroxyl groups is 4. The van der Waals surface area contributed by atoms with Gasteiger partial charge < -0.3 is 41.1 Å². The summed E-state index contributed by atoms with van der Waals surface area (Å²) in [5.41, 5.74) is 1.12. The van der Waals surface area contributed by atoms with E-state index in [0.717, 1.165) is 0 Å². The van der Waals surface area contributed by atoms with Crippen LogP contribution in [0.3, 0.4) is 0 Å². The molecule has 10 heteroatoms. The molecule has 1 heterocycles. The molecule has 144 valence electrons. The number of aliphatic hydroxyl groups excluding tert-OH is 4. The van der Waals surface area contributed by atoms with Gasteiger partial charge in [-0.3, -0.25) is 9.59 Å². The van der Waals surface area contributed by atoms with Crippen LogP contribution in [0.25, 0.3) is 0 Å². The van der Waals surface area contributed by atoms with E-state index in [1.54, 1.807) is 12.1 Å². The molecule has 1 aromatic carbocycles. The van der Waals surface area contributed by atoms with Crippen molar-refractivity contribution in [3.05, 3.63) is 18.2 Å². The molecule has 7 N–H and O–H groups in total. The number of amides is 2. The molecule has 1 fully saturated rings. The number of hydrogen-bond donors (Lipinski definition) is 7. The summed E-state index contributed by atoms with van der Waals surface area (Å²) in [6, 6.07) is 4.65. The van der Waals surface area contributed by atoms with E-state index in [1.807, 2.05) is 0 Å². The highest BCUT2D eigenvalue weighted by molar-refractivity contribution is 5.95. The van der Waals surface area contributed by atoms with Crippen molar-refractivity contribution in [3.8, 4) is 0 Å². The Kier molecular flexibility index (Phi) is 6.51. The van der Waals surface area contributed by atoms with Crippen LogP contribution in [0, 0.1) is 0 Å². The lowest BCUT2D eigenvalue weighted by Crippen LogP contribution is -2.40. The molecule has 1 aliphatic heterocycles. The first-order chi connectivity index (χ1) is 12.2. The monoisotopic (exact) mass is 369 g/mol. The van der Waals surface area contributed by atoms with Gasteiger partial charge in [0, 0.05) is 19.5 Å². The van der Waals surface area contributed by atoms with Crippen LogP contribution in [0.4, 0.5) is 17.1 Å². The molecular formula is C16H23N3O7. The zero-order valence-electron chi connectivity index (χ0n) is 14.3. The number of benzene rings is 1. The summed E-state index contributed by atoms with van der Waals surface area (Å²) in [7, 11) is 0. The van der Waals surface area contributed by atoms with E-state index in [-0.39, 0.29) is 11.8 Å². The van der Waals surface area contributed by atoms with Gasteiger partial charge >= 0.3 is 0 Å². The molecule has 0 radical (unpaired) electrons. The highest BCUT2D eigenvalue weighted by atomic mass is 16.6. The van der Waals surface area contributed by atoms with Crippen molar-refractivity contribution in [2.45, 2.75) is 44.5 Å². The number of carbonyl (C=O) groups excluding carboxylic acids is 2. The maximum absolute atomic E-state index is 11.4. The molecule has 0 spiro atoms. The number of rotatable bonds is 6. The Bertz CT molecular complexity index is 669. The van der Waals surface area contributed by atoms with Crippen molar-refractivity contribution >= 4 is 28.9 Å². The van der Waals surface area contributed by atoms with E-state index in [4.69, 9.17) is 9.84 Å². The Labute approximate surface area is 149 Å². The maximum atomic E-state index is 11.4. The first kappa shape index (κ1) is 20.1. The second kappa shape index (κ2) is 8.43. The van der Waals surface area contributed by atoms with Gasteiger partial charge in [0.25, 0.3) is 0 Å². The summed E-state index contributed by atoms with van der Waals surface area (Å²) < 4.78 is 5.40. The van der Waals surface area contributed by atoms with E-state index in [1.165, 1.54) is 19.9 Å². The zero-order chi connectivity index (χ0) is 19.4. The van der Waals surface area contributed by atoms with Gasteiger partial charge in [-0.25, -0.2) is 0 Å². The van der Waals surface area contributed by atoms with Gasteiger partial charge in [0.15, 0.2) is 6.23 Å². The summed E-state index contributed by atoms with van der Waals surface area (Å²) in [5.74, 6) is -0.622. The van der Waals surface area contributed by atoms with E-state index in [2.05, 4.69) is 16.0 Å². The Balaban J connectivity index is 2.25. The quantitative estimate of drug-likeness (QED) is 0.330. The Morgan fingerprint density at radius 2 is 1.77 bits per heavy atom. The second-order valence-corrected chi connectivity index (χ2v) is 6.02. The van der Waals surface area contributed by atoms with Gasteiger partial charge in [-0.05, 0) is 18.2 Å². The summed E-state index contributed by atoms with van der Waals surface area (Å²) >= 11 is 0. The third-order valence-electron chi connectivity index (χ3n) is 3.82. The van der Waals surface area contributed by atoms with Crippen molar-refractivity contribution < 1.29 is 34.8 Å². The van der Waals surface area contributed by atoms with Crippen molar-refractivity contribution in [2.24, 2.45) is 0 Å². The van der Waals surface area contributed by atoms with Crippen LogP contribution in [0.2, 0.25) is 0 Å². The van der Waals surface area contributed by atoms with Crippen LogP contribution in [0.5, 0.6) is 0 Å². The zero-order valence-corrected chi connectivity index (χ0v) is 14.3. The normalized spacial score (nSPS) is 26.2. The van der Waals surface area contributed by atoms with Crippen LogP contribution in [-0.2, 0) is 14.3 Å². The van der Waals surface area contributed by atoms with E-state index in [9.17, 15) is 24.9 Å². The lowest BCUT2D eigenvalue weighted by atomic mass is 10.1. The van der Waals surface area contributed by atoms with Gasteiger partial charge in [0.05, 0.1) is 18.0 Å². The molecule has 5 atom stereocenters. The Morgan fingerprint density at radius 3 is 2.35 bits per heavy atom. The van der Waals surface area contributed by atoms with E-state index >= 15 is 0 Å². The van der Waals surface area contributed by atoms with Crippen molar-refractivity contribution in [1.82, 2.24) is 0 Å². The van der Waals surface area contributed by atoms with Crippen LogP contribution in [0.1, 0.15) is 13.8 Å². The molecule has 26 heavy (non-hydrogen) atoms. The fourth-order valence-electron chi connectivity index (χ4n) is 2.64. The number of anilines is 3. The fourth-order valence-corrected chi connectivity index (χ4v) is 2.64. The molecule has 0 aromatic heterocycles. The third-order valence-corrected chi connectivity index (χ3v) is 3.82. The van der Waals surface area contributed by atoms with Gasteiger partial charge in [0.1, 0.15) is 24.4 Å². The fraction of sp³-hybridized carbons (Fsp3) is 0.500. The molecule has 0 bridgehead atoms. The summed E-state index contributed by atoms with van der Waals surface area (Å²) in [5, 5.41) is 46.8. The minimum absolute atomic E-state index is 0.290. The molecular weight excluding hydrogens is 346 g/mol. The molecule has 0 aliphatic carbocycles. The lowest BCUT2D eigenvalue weighted by Gasteiger charge is -2.21. The number of nitrogens with one attached hydrogen (secondary N) is 3. The first-order valence-corrected chi connectivity index (χ1v) is 7.99. The maximum Gasteiger partial charge on any atom is 0.221 e. The average Bonchev–Trinajstić information content (AvgIpc) is 2.84. The summed E-state index contributed by atoms with van der Waals surface area (Å²) in [6.07, 6.45) is -6.48. The minimum atomic E-state index is -1.42.